The first-order valence-corrected chi connectivity index (χ1v) is 10.4. The molecule has 0 amide bonds. The first-order chi connectivity index (χ1) is 13.3. The third kappa shape index (κ3) is 5.27. The minimum Gasteiger partial charge on any atom is -0.465 e. The predicted molar refractivity (Wildman–Crippen MR) is 113 cm³/mol. The van der Waals surface area contributed by atoms with Crippen LogP contribution in [-0.4, -0.2) is 52.0 Å². The summed E-state index contributed by atoms with van der Waals surface area (Å²) in [5, 5.41) is 3.13. The number of nitrogens with one attached hydrogen (secondary N) is 1. The summed E-state index contributed by atoms with van der Waals surface area (Å²) in [5.41, 5.74) is 2.17. The van der Waals surface area contributed by atoms with Gasteiger partial charge in [0.1, 0.15) is 16.4 Å². The highest BCUT2D eigenvalue weighted by molar-refractivity contribution is 7.89. The molecule has 0 spiro atoms. The first kappa shape index (κ1) is 23.2. The zero-order valence-electron chi connectivity index (χ0n) is 16.6. The summed E-state index contributed by atoms with van der Waals surface area (Å²) >= 11 is 0. The van der Waals surface area contributed by atoms with Crippen molar-refractivity contribution in [3.8, 4) is 11.5 Å². The Morgan fingerprint density at radius 3 is 2.24 bits per heavy atom. The number of carbonyl (C=O) groups is 1. The molecule has 0 aromatic heterocycles. The number of sulfonamides is 1. The van der Waals surface area contributed by atoms with Crippen molar-refractivity contribution in [2.45, 2.75) is 18.7 Å². The van der Waals surface area contributed by atoms with Crippen LogP contribution in [0.2, 0.25) is 0 Å². The monoisotopic (exact) mass is 440 g/mol. The summed E-state index contributed by atoms with van der Waals surface area (Å²) in [7, 11) is -2.58. The smallest absolute Gasteiger partial charge is 0.337 e. The summed E-state index contributed by atoms with van der Waals surface area (Å²) in [5.74, 6) is 0.117. The second-order valence-electron chi connectivity index (χ2n) is 6.73. The number of halogens is 1. The quantitative estimate of drug-likeness (QED) is 0.719. The van der Waals surface area contributed by atoms with Crippen molar-refractivity contribution in [2.24, 2.45) is 0 Å². The van der Waals surface area contributed by atoms with E-state index in [1.165, 1.54) is 29.6 Å². The Hall–Kier alpha value is -2.13. The molecule has 1 aliphatic rings. The topological polar surface area (TPSA) is 84.9 Å². The van der Waals surface area contributed by atoms with Gasteiger partial charge in [0.05, 0.1) is 12.7 Å². The average molecular weight is 441 g/mol. The fourth-order valence-corrected chi connectivity index (χ4v) is 4.76. The molecule has 2 aromatic rings. The molecule has 0 bridgehead atoms. The normalized spacial score (nSPS) is 14.7. The van der Waals surface area contributed by atoms with Crippen molar-refractivity contribution in [3.05, 3.63) is 53.1 Å². The molecule has 2 aromatic carbocycles. The van der Waals surface area contributed by atoms with Crippen LogP contribution in [0, 0.1) is 13.8 Å². The second-order valence-corrected chi connectivity index (χ2v) is 8.64. The molecule has 1 N–H and O–H groups in total. The van der Waals surface area contributed by atoms with Crippen LogP contribution in [0.1, 0.15) is 21.5 Å². The van der Waals surface area contributed by atoms with Crippen molar-refractivity contribution >= 4 is 28.4 Å². The number of nitrogens with zero attached hydrogens (tertiary/aromatic N) is 1. The lowest BCUT2D eigenvalue weighted by Gasteiger charge is -2.27. The maximum Gasteiger partial charge on any atom is 0.337 e. The van der Waals surface area contributed by atoms with Gasteiger partial charge in [0, 0.05) is 26.2 Å². The van der Waals surface area contributed by atoms with Gasteiger partial charge in [-0.1, -0.05) is 6.07 Å². The number of esters is 1. The number of hydrogen-bond acceptors (Lipinski definition) is 6. The Balaban J connectivity index is 0.00000300. The summed E-state index contributed by atoms with van der Waals surface area (Å²) < 4.78 is 38.6. The van der Waals surface area contributed by atoms with Crippen LogP contribution < -0.4 is 10.1 Å². The lowest BCUT2D eigenvalue weighted by Crippen LogP contribution is -2.46. The lowest BCUT2D eigenvalue weighted by molar-refractivity contribution is 0.0600. The molecule has 0 atom stereocenters. The number of methoxy groups -OCH3 is 1. The van der Waals surface area contributed by atoms with Crippen LogP contribution in [0.4, 0.5) is 0 Å². The molecule has 0 unspecified atom stereocenters. The van der Waals surface area contributed by atoms with E-state index >= 15 is 0 Å². The molecule has 158 valence electrons. The minimum atomic E-state index is -3.84. The average Bonchev–Trinajstić information content (AvgIpc) is 2.67. The van der Waals surface area contributed by atoms with E-state index in [1.54, 1.807) is 0 Å². The molecule has 1 fully saturated rings. The molecule has 0 aliphatic carbocycles. The Bertz CT molecular complexity index is 968. The molecule has 1 aliphatic heterocycles. The first-order valence-electron chi connectivity index (χ1n) is 9.00. The van der Waals surface area contributed by atoms with E-state index in [4.69, 9.17) is 9.47 Å². The molecule has 29 heavy (non-hydrogen) atoms. The predicted octanol–water partition coefficient (Wildman–Crippen LogP) is 2.90. The molecule has 0 saturated carbocycles. The number of benzene rings is 2. The highest BCUT2D eigenvalue weighted by Crippen LogP contribution is 2.33. The molecular weight excluding hydrogens is 416 g/mol. The number of ether oxygens (including phenoxy) is 2. The Morgan fingerprint density at radius 1 is 1.03 bits per heavy atom. The van der Waals surface area contributed by atoms with Gasteiger partial charge in [0.2, 0.25) is 10.0 Å². The summed E-state index contributed by atoms with van der Waals surface area (Å²) in [6.07, 6.45) is 0. The van der Waals surface area contributed by atoms with Crippen molar-refractivity contribution in [2.75, 3.05) is 33.3 Å². The van der Waals surface area contributed by atoms with E-state index in [0.717, 1.165) is 11.1 Å². The van der Waals surface area contributed by atoms with Crippen LogP contribution in [0.5, 0.6) is 11.5 Å². The van der Waals surface area contributed by atoms with E-state index in [-0.39, 0.29) is 28.6 Å². The fraction of sp³-hybridized carbons (Fsp3) is 0.350. The van der Waals surface area contributed by atoms with Gasteiger partial charge >= 0.3 is 5.97 Å². The third-order valence-electron chi connectivity index (χ3n) is 4.48. The van der Waals surface area contributed by atoms with Crippen LogP contribution >= 0.6 is 12.4 Å². The highest BCUT2D eigenvalue weighted by Gasteiger charge is 2.30. The van der Waals surface area contributed by atoms with Gasteiger partial charge in [-0.15, -0.1) is 12.4 Å². The summed E-state index contributed by atoms with van der Waals surface area (Å²) in [4.78, 5) is 11.9. The zero-order valence-corrected chi connectivity index (χ0v) is 18.2. The second kappa shape index (κ2) is 9.58. The molecule has 0 radical (unpaired) electrons. The summed E-state index contributed by atoms with van der Waals surface area (Å²) in [6, 6.07) is 10.00. The van der Waals surface area contributed by atoms with Crippen molar-refractivity contribution < 1.29 is 22.7 Å². The Morgan fingerprint density at radius 2 is 1.66 bits per heavy atom. The van der Waals surface area contributed by atoms with Crippen LogP contribution in [0.25, 0.3) is 0 Å². The van der Waals surface area contributed by atoms with Crippen molar-refractivity contribution in [1.29, 1.82) is 0 Å². The van der Waals surface area contributed by atoms with Crippen LogP contribution in [0.15, 0.2) is 41.3 Å². The minimum absolute atomic E-state index is 0. The van der Waals surface area contributed by atoms with Crippen LogP contribution in [0.3, 0.4) is 0 Å². The highest BCUT2D eigenvalue weighted by atomic mass is 35.5. The zero-order chi connectivity index (χ0) is 20.3. The number of carbonyl (C=O) groups excluding carboxylic acids is 1. The number of rotatable bonds is 5. The Labute approximate surface area is 177 Å². The molecule has 1 saturated heterocycles. The maximum absolute atomic E-state index is 13.3. The van der Waals surface area contributed by atoms with Gasteiger partial charge in [-0.3, -0.25) is 0 Å². The number of aryl methyl sites for hydroxylation is 2. The van der Waals surface area contributed by atoms with Gasteiger partial charge < -0.3 is 14.8 Å². The third-order valence-corrected chi connectivity index (χ3v) is 6.40. The standard InChI is InChI=1S/C20H24N2O5S.ClH/c1-14-10-15(2)12-17(11-14)27-18-5-4-16(20(23)26-3)13-19(18)28(24,25)22-8-6-21-7-9-22;/h4-5,10-13,21H,6-9H2,1-3H3;1H. The van der Waals surface area contributed by atoms with Gasteiger partial charge in [-0.2, -0.15) is 4.31 Å². The lowest BCUT2D eigenvalue weighted by atomic mass is 10.1. The number of hydrogen-bond donors (Lipinski definition) is 1. The fourth-order valence-electron chi connectivity index (χ4n) is 3.18. The van der Waals surface area contributed by atoms with Gasteiger partial charge in [-0.25, -0.2) is 13.2 Å². The van der Waals surface area contributed by atoms with Crippen molar-refractivity contribution in [3.63, 3.8) is 0 Å². The SMILES string of the molecule is COC(=O)c1ccc(Oc2cc(C)cc(C)c2)c(S(=O)(=O)N2CCNCC2)c1.Cl. The van der Waals surface area contributed by atoms with Crippen molar-refractivity contribution in [1.82, 2.24) is 9.62 Å². The van der Waals surface area contributed by atoms with Gasteiger partial charge in [-0.05, 0) is 55.3 Å². The van der Waals surface area contributed by atoms with E-state index in [2.05, 4.69) is 5.32 Å². The molecular formula is C20H25ClN2O5S. The molecule has 3 rings (SSSR count). The van der Waals surface area contributed by atoms with E-state index in [0.29, 0.717) is 31.9 Å². The maximum atomic E-state index is 13.3. The molecule has 1 heterocycles. The largest absolute Gasteiger partial charge is 0.465 e. The van der Waals surface area contributed by atoms with Gasteiger partial charge in [0.25, 0.3) is 0 Å². The van der Waals surface area contributed by atoms with Crippen LogP contribution in [-0.2, 0) is 14.8 Å². The Kier molecular flexibility index (Phi) is 7.65. The molecule has 7 nitrogen and oxygen atoms in total. The van der Waals surface area contributed by atoms with E-state index < -0.39 is 16.0 Å². The molecule has 9 heteroatoms. The van der Waals surface area contributed by atoms with E-state index in [9.17, 15) is 13.2 Å². The van der Waals surface area contributed by atoms with E-state index in [1.807, 2.05) is 32.0 Å². The van der Waals surface area contributed by atoms with Gasteiger partial charge in [0.15, 0.2) is 0 Å². The summed E-state index contributed by atoms with van der Waals surface area (Å²) in [6.45, 7) is 5.74. The number of piperazine rings is 1.